The van der Waals surface area contributed by atoms with Crippen molar-refractivity contribution < 1.29 is 26.4 Å². The van der Waals surface area contributed by atoms with E-state index in [1.807, 2.05) is 0 Å². The molecule has 2 N–H and O–H groups in total. The molecule has 0 saturated carbocycles. The van der Waals surface area contributed by atoms with Gasteiger partial charge in [0.05, 0.1) is 16.2 Å². The standard InChI is InChI=1S/C21H14ClF3N4O3S/c22-13-3-5-15(6-4-13)29-20(30)18(19(27-29)21(23,24)25)12-16-2-1-11-28(16)14-7-9-17(10-8-14)33(26,31)32/h1-12H,(H2,26,31,32). The SMILES string of the molecule is NS(=O)(=O)c1ccc(-n2cccc2C=C2C(=O)N(c3ccc(Cl)cc3)N=C2C(F)(F)F)cc1. The van der Waals surface area contributed by atoms with Gasteiger partial charge in [-0.2, -0.15) is 23.3 Å². The van der Waals surface area contributed by atoms with Crippen molar-refractivity contribution in [2.75, 3.05) is 5.01 Å². The molecule has 1 amide bonds. The number of aromatic nitrogens is 1. The van der Waals surface area contributed by atoms with Gasteiger partial charge in [-0.05, 0) is 66.7 Å². The molecular formula is C21H14ClF3N4O3S. The van der Waals surface area contributed by atoms with Crippen LogP contribution in [0.4, 0.5) is 18.9 Å². The fraction of sp³-hybridized carbons (Fsp3) is 0.0476. The summed E-state index contributed by atoms with van der Waals surface area (Å²) in [5.41, 5.74) is -1.15. The number of primary sulfonamides is 1. The number of hydrazone groups is 1. The van der Waals surface area contributed by atoms with Crippen molar-refractivity contribution in [3.8, 4) is 5.69 Å². The van der Waals surface area contributed by atoms with Gasteiger partial charge in [-0.15, -0.1) is 0 Å². The minimum atomic E-state index is -4.88. The van der Waals surface area contributed by atoms with E-state index < -0.39 is 33.4 Å². The Morgan fingerprint density at radius 3 is 2.15 bits per heavy atom. The quantitative estimate of drug-likeness (QED) is 0.552. The van der Waals surface area contributed by atoms with E-state index in [2.05, 4.69) is 5.10 Å². The predicted octanol–water partition coefficient (Wildman–Crippen LogP) is 4.13. The van der Waals surface area contributed by atoms with E-state index in [4.69, 9.17) is 16.7 Å². The monoisotopic (exact) mass is 494 g/mol. The van der Waals surface area contributed by atoms with Crippen LogP contribution in [0, 0.1) is 0 Å². The lowest BCUT2D eigenvalue weighted by Gasteiger charge is -2.12. The molecule has 0 fully saturated rings. The summed E-state index contributed by atoms with van der Waals surface area (Å²) in [6, 6.07) is 14.1. The highest BCUT2D eigenvalue weighted by Gasteiger charge is 2.46. The molecule has 1 aliphatic rings. The molecule has 12 heteroatoms. The molecule has 2 heterocycles. The average molecular weight is 495 g/mol. The lowest BCUT2D eigenvalue weighted by Crippen LogP contribution is -2.25. The maximum Gasteiger partial charge on any atom is 0.435 e. The molecule has 0 saturated heterocycles. The lowest BCUT2D eigenvalue weighted by atomic mass is 10.1. The zero-order valence-corrected chi connectivity index (χ0v) is 18.1. The van der Waals surface area contributed by atoms with E-state index in [9.17, 15) is 26.4 Å². The van der Waals surface area contributed by atoms with Crippen LogP contribution in [-0.2, 0) is 14.8 Å². The number of nitrogens with zero attached hydrogens (tertiary/aromatic N) is 3. The van der Waals surface area contributed by atoms with Gasteiger partial charge < -0.3 is 4.57 Å². The highest BCUT2D eigenvalue weighted by Crippen LogP contribution is 2.33. The highest BCUT2D eigenvalue weighted by atomic mass is 35.5. The Hall–Kier alpha value is -3.41. The molecule has 33 heavy (non-hydrogen) atoms. The van der Waals surface area contributed by atoms with Crippen LogP contribution in [0.3, 0.4) is 0 Å². The number of rotatable bonds is 4. The Kier molecular flexibility index (Phi) is 5.64. The third-order valence-corrected chi connectivity index (χ3v) is 5.91. The Morgan fingerprint density at radius 2 is 1.58 bits per heavy atom. The van der Waals surface area contributed by atoms with E-state index >= 15 is 0 Å². The van der Waals surface area contributed by atoms with E-state index in [1.54, 1.807) is 12.3 Å². The first-order chi connectivity index (χ1) is 15.4. The van der Waals surface area contributed by atoms with E-state index in [1.165, 1.54) is 59.2 Å². The zero-order chi connectivity index (χ0) is 24.0. The second kappa shape index (κ2) is 8.18. The molecule has 0 unspecified atom stereocenters. The molecule has 1 aromatic heterocycles. The number of hydrogen-bond acceptors (Lipinski definition) is 4. The van der Waals surface area contributed by atoms with Crippen LogP contribution >= 0.6 is 11.6 Å². The van der Waals surface area contributed by atoms with Crippen molar-refractivity contribution in [3.63, 3.8) is 0 Å². The number of amides is 1. The fourth-order valence-electron chi connectivity index (χ4n) is 3.20. The zero-order valence-electron chi connectivity index (χ0n) is 16.5. The third-order valence-electron chi connectivity index (χ3n) is 4.73. The summed E-state index contributed by atoms with van der Waals surface area (Å²) in [6.45, 7) is 0. The van der Waals surface area contributed by atoms with Crippen molar-refractivity contribution in [2.24, 2.45) is 10.2 Å². The van der Waals surface area contributed by atoms with E-state index in [0.717, 1.165) is 6.08 Å². The number of benzene rings is 2. The van der Waals surface area contributed by atoms with Gasteiger partial charge in [-0.25, -0.2) is 13.6 Å². The van der Waals surface area contributed by atoms with E-state index in [-0.39, 0.29) is 16.3 Å². The van der Waals surface area contributed by atoms with Gasteiger partial charge in [0.2, 0.25) is 10.0 Å². The second-order valence-electron chi connectivity index (χ2n) is 6.94. The van der Waals surface area contributed by atoms with Crippen LogP contribution in [0.2, 0.25) is 5.02 Å². The molecule has 7 nitrogen and oxygen atoms in total. The van der Waals surface area contributed by atoms with Crippen LogP contribution in [0.15, 0.2) is 82.4 Å². The molecule has 0 atom stereocenters. The molecule has 1 aliphatic heterocycles. The number of nitrogens with two attached hydrogens (primary N) is 1. The Bertz CT molecular complexity index is 1390. The molecular weight excluding hydrogens is 481 g/mol. The Balaban J connectivity index is 1.76. The molecule has 0 spiro atoms. The van der Waals surface area contributed by atoms with Crippen LogP contribution in [0.1, 0.15) is 5.69 Å². The average Bonchev–Trinajstić information content (AvgIpc) is 3.33. The van der Waals surface area contributed by atoms with E-state index in [0.29, 0.717) is 15.7 Å². The summed E-state index contributed by atoms with van der Waals surface area (Å²) in [5, 5.41) is 9.63. The van der Waals surface area contributed by atoms with Crippen molar-refractivity contribution >= 4 is 45.0 Å². The van der Waals surface area contributed by atoms with Crippen LogP contribution in [-0.4, -0.2) is 30.8 Å². The minimum Gasteiger partial charge on any atom is -0.317 e. The van der Waals surface area contributed by atoms with Crippen molar-refractivity contribution in [3.05, 3.63) is 83.2 Å². The summed E-state index contributed by atoms with van der Waals surface area (Å²) in [5.74, 6) is -0.957. The van der Waals surface area contributed by atoms with Crippen LogP contribution in [0.5, 0.6) is 0 Å². The summed E-state index contributed by atoms with van der Waals surface area (Å²) < 4.78 is 65.5. The van der Waals surface area contributed by atoms with Gasteiger partial charge in [0.1, 0.15) is 0 Å². The normalized spacial score (nSPS) is 15.9. The molecule has 3 aromatic rings. The molecule has 0 bridgehead atoms. The predicted molar refractivity (Wildman–Crippen MR) is 118 cm³/mol. The topological polar surface area (TPSA) is 97.8 Å². The largest absolute Gasteiger partial charge is 0.435 e. The van der Waals surface area contributed by atoms with Crippen molar-refractivity contribution in [1.29, 1.82) is 0 Å². The number of anilines is 1. The summed E-state index contributed by atoms with van der Waals surface area (Å²) in [4.78, 5) is 12.8. The van der Waals surface area contributed by atoms with Crippen molar-refractivity contribution in [1.82, 2.24) is 4.57 Å². The number of hydrogen-bond donors (Lipinski definition) is 1. The Morgan fingerprint density at radius 1 is 0.970 bits per heavy atom. The number of sulfonamides is 1. The first-order valence-corrected chi connectivity index (χ1v) is 11.2. The second-order valence-corrected chi connectivity index (χ2v) is 8.94. The maximum absolute atomic E-state index is 13.7. The Labute approximate surface area is 191 Å². The van der Waals surface area contributed by atoms with Gasteiger partial charge in [0, 0.05) is 22.6 Å². The minimum absolute atomic E-state index is 0.116. The van der Waals surface area contributed by atoms with Crippen LogP contribution in [0.25, 0.3) is 11.8 Å². The smallest absolute Gasteiger partial charge is 0.317 e. The molecule has 0 radical (unpaired) electrons. The number of carbonyl (C=O) groups excluding carboxylic acids is 1. The van der Waals surface area contributed by atoms with Gasteiger partial charge in [0.25, 0.3) is 5.91 Å². The molecule has 4 rings (SSSR count). The third kappa shape index (κ3) is 4.56. The first kappa shape index (κ1) is 22.8. The van der Waals surface area contributed by atoms with Gasteiger partial charge >= 0.3 is 6.18 Å². The number of alkyl halides is 3. The van der Waals surface area contributed by atoms with Gasteiger partial charge in [0.15, 0.2) is 5.71 Å². The molecule has 0 aliphatic carbocycles. The molecule has 170 valence electrons. The fourth-order valence-corrected chi connectivity index (χ4v) is 3.84. The van der Waals surface area contributed by atoms with Crippen LogP contribution < -0.4 is 10.1 Å². The van der Waals surface area contributed by atoms with Crippen molar-refractivity contribution in [2.45, 2.75) is 11.1 Å². The summed E-state index contributed by atoms with van der Waals surface area (Å²) in [7, 11) is -3.90. The first-order valence-electron chi connectivity index (χ1n) is 9.23. The number of halogens is 4. The summed E-state index contributed by atoms with van der Waals surface area (Å²) >= 11 is 5.82. The summed E-state index contributed by atoms with van der Waals surface area (Å²) in [6.07, 6.45) is -2.24. The lowest BCUT2D eigenvalue weighted by molar-refractivity contribution is -0.114. The highest BCUT2D eigenvalue weighted by molar-refractivity contribution is 7.89. The molecule has 2 aromatic carbocycles. The van der Waals surface area contributed by atoms with Gasteiger partial charge in [-0.3, -0.25) is 4.79 Å². The maximum atomic E-state index is 13.7. The van der Waals surface area contributed by atoms with Gasteiger partial charge in [-0.1, -0.05) is 11.6 Å². The number of carbonyl (C=O) groups is 1.